The molecule has 1 aliphatic heterocycles. The lowest BCUT2D eigenvalue weighted by Crippen LogP contribution is -2.42. The van der Waals surface area contributed by atoms with Gasteiger partial charge in [-0.3, -0.25) is 9.48 Å². The van der Waals surface area contributed by atoms with Crippen molar-refractivity contribution in [2.75, 3.05) is 13.1 Å². The number of likely N-dealkylation sites (tertiary alicyclic amines) is 1. The summed E-state index contributed by atoms with van der Waals surface area (Å²) in [4.78, 5) is 27.2. The molecule has 0 bridgehead atoms. The van der Waals surface area contributed by atoms with Gasteiger partial charge >= 0.3 is 6.01 Å². The second kappa shape index (κ2) is 7.43. The van der Waals surface area contributed by atoms with Gasteiger partial charge in [0, 0.05) is 68.1 Å². The highest BCUT2D eigenvalue weighted by molar-refractivity contribution is 7.09. The Balaban J connectivity index is 1.32. The Morgan fingerprint density at radius 2 is 1.93 bits per heavy atom. The number of piperidine rings is 1. The number of aryl methyl sites for hydroxylation is 2. The molecule has 3 aromatic rings. The monoisotopic (exact) mass is 384 g/mol. The van der Waals surface area contributed by atoms with Crippen molar-refractivity contribution < 1.29 is 9.53 Å². The Kier molecular flexibility index (Phi) is 4.85. The third-order valence-electron chi connectivity index (χ3n) is 4.51. The molecule has 0 aliphatic carbocycles. The maximum Gasteiger partial charge on any atom is 0.316 e. The van der Waals surface area contributed by atoms with E-state index in [0.717, 1.165) is 29.0 Å². The van der Waals surface area contributed by atoms with Crippen molar-refractivity contribution >= 4 is 17.2 Å². The molecule has 0 spiro atoms. The van der Waals surface area contributed by atoms with Gasteiger partial charge in [0.1, 0.15) is 11.8 Å². The van der Waals surface area contributed by atoms with Gasteiger partial charge in [0.15, 0.2) is 0 Å². The molecule has 9 heteroatoms. The summed E-state index contributed by atoms with van der Waals surface area (Å²) < 4.78 is 7.63. The van der Waals surface area contributed by atoms with E-state index < -0.39 is 0 Å². The van der Waals surface area contributed by atoms with Crippen molar-refractivity contribution in [1.29, 1.82) is 0 Å². The number of rotatable bonds is 4. The predicted molar refractivity (Wildman–Crippen MR) is 101 cm³/mol. The number of aromatic nitrogens is 5. The van der Waals surface area contributed by atoms with E-state index in [0.29, 0.717) is 24.8 Å². The van der Waals surface area contributed by atoms with E-state index in [9.17, 15) is 4.79 Å². The highest BCUT2D eigenvalue weighted by Gasteiger charge is 2.26. The Labute approximate surface area is 160 Å². The normalized spacial score (nSPS) is 15.1. The van der Waals surface area contributed by atoms with Crippen LogP contribution in [-0.4, -0.2) is 54.7 Å². The highest BCUT2D eigenvalue weighted by atomic mass is 32.1. The average Bonchev–Trinajstić information content (AvgIpc) is 3.31. The van der Waals surface area contributed by atoms with Gasteiger partial charge in [0.2, 0.25) is 0 Å². The molecule has 0 N–H and O–H groups in total. The molecular weight excluding hydrogens is 364 g/mol. The minimum Gasteiger partial charge on any atom is -0.460 e. The fourth-order valence-electron chi connectivity index (χ4n) is 3.05. The summed E-state index contributed by atoms with van der Waals surface area (Å²) in [6, 6.07) is 0.363. The first-order valence-corrected chi connectivity index (χ1v) is 9.65. The molecule has 0 atom stereocenters. The van der Waals surface area contributed by atoms with Crippen LogP contribution in [0, 0.1) is 6.92 Å². The number of nitrogens with zero attached hydrogens (tertiary/aromatic N) is 6. The molecule has 4 heterocycles. The molecule has 0 radical (unpaired) electrons. The Morgan fingerprint density at radius 3 is 2.52 bits per heavy atom. The minimum absolute atomic E-state index is 0.00475. The standard InChI is InChI=1S/C18H20N6O2S/c1-12-22-16(11-27-12)17(25)24-5-3-15(4-6-24)26-18-19-7-13(8-20-18)14-9-21-23(2)10-14/h7-11,15H,3-6H2,1-2H3. The molecular formula is C18H20N6O2S. The number of thiazole rings is 1. The van der Waals surface area contributed by atoms with Crippen LogP contribution >= 0.6 is 11.3 Å². The first-order chi connectivity index (χ1) is 13.1. The van der Waals surface area contributed by atoms with E-state index in [1.54, 1.807) is 23.3 Å². The number of carbonyl (C=O) groups is 1. The first kappa shape index (κ1) is 17.6. The molecule has 3 aromatic heterocycles. The molecule has 4 rings (SSSR count). The Morgan fingerprint density at radius 1 is 1.19 bits per heavy atom. The Hall–Kier alpha value is -2.81. The van der Waals surface area contributed by atoms with Crippen molar-refractivity contribution in [3.63, 3.8) is 0 Å². The average molecular weight is 384 g/mol. The zero-order valence-electron chi connectivity index (χ0n) is 15.2. The fraction of sp³-hybridized carbons (Fsp3) is 0.389. The first-order valence-electron chi connectivity index (χ1n) is 8.77. The number of carbonyl (C=O) groups excluding carboxylic acids is 1. The molecule has 1 aliphatic rings. The van der Waals surface area contributed by atoms with Gasteiger partial charge in [-0.05, 0) is 6.92 Å². The molecule has 1 saturated heterocycles. The van der Waals surface area contributed by atoms with Crippen molar-refractivity contribution in [1.82, 2.24) is 29.6 Å². The summed E-state index contributed by atoms with van der Waals surface area (Å²) in [6.07, 6.45) is 8.68. The molecule has 27 heavy (non-hydrogen) atoms. The van der Waals surface area contributed by atoms with Gasteiger partial charge < -0.3 is 9.64 Å². The lowest BCUT2D eigenvalue weighted by Gasteiger charge is -2.31. The smallest absolute Gasteiger partial charge is 0.316 e. The predicted octanol–water partition coefficient (Wildman–Crippen LogP) is 2.33. The summed E-state index contributed by atoms with van der Waals surface area (Å²) >= 11 is 1.49. The van der Waals surface area contributed by atoms with E-state index in [2.05, 4.69) is 20.1 Å². The molecule has 0 aromatic carbocycles. The second-order valence-corrected chi connectivity index (χ2v) is 7.58. The van der Waals surface area contributed by atoms with Crippen LogP contribution in [0.5, 0.6) is 6.01 Å². The molecule has 140 valence electrons. The van der Waals surface area contributed by atoms with Crippen LogP contribution in [0.1, 0.15) is 28.3 Å². The van der Waals surface area contributed by atoms with Crippen molar-refractivity contribution in [3.05, 3.63) is 40.9 Å². The molecule has 0 saturated carbocycles. The maximum atomic E-state index is 12.4. The number of hydrogen-bond acceptors (Lipinski definition) is 7. The maximum absolute atomic E-state index is 12.4. The summed E-state index contributed by atoms with van der Waals surface area (Å²) in [5.41, 5.74) is 2.40. The van der Waals surface area contributed by atoms with Gasteiger partial charge in [-0.25, -0.2) is 15.0 Å². The van der Waals surface area contributed by atoms with E-state index in [1.165, 1.54) is 11.3 Å². The topological polar surface area (TPSA) is 86.0 Å². The van der Waals surface area contributed by atoms with E-state index in [-0.39, 0.29) is 12.0 Å². The molecule has 0 unspecified atom stereocenters. The Bertz CT molecular complexity index is 927. The van der Waals surface area contributed by atoms with Crippen LogP contribution in [0.4, 0.5) is 0 Å². The lowest BCUT2D eigenvalue weighted by molar-refractivity contribution is 0.0574. The number of amides is 1. The van der Waals surface area contributed by atoms with Gasteiger partial charge in [0.25, 0.3) is 5.91 Å². The molecule has 8 nitrogen and oxygen atoms in total. The van der Waals surface area contributed by atoms with E-state index in [1.807, 2.05) is 30.4 Å². The number of hydrogen-bond donors (Lipinski definition) is 0. The summed E-state index contributed by atoms with van der Waals surface area (Å²) in [5, 5.41) is 6.87. The summed E-state index contributed by atoms with van der Waals surface area (Å²) in [6.45, 7) is 3.20. The van der Waals surface area contributed by atoms with Gasteiger partial charge in [-0.1, -0.05) is 0 Å². The van der Waals surface area contributed by atoms with Gasteiger partial charge in [-0.15, -0.1) is 11.3 Å². The minimum atomic E-state index is -0.00475. The fourth-order valence-corrected chi connectivity index (χ4v) is 3.63. The van der Waals surface area contributed by atoms with Crippen LogP contribution < -0.4 is 4.74 Å². The summed E-state index contributed by atoms with van der Waals surface area (Å²) in [5.74, 6) is -0.00475. The highest BCUT2D eigenvalue weighted by Crippen LogP contribution is 2.21. The zero-order valence-corrected chi connectivity index (χ0v) is 16.0. The van der Waals surface area contributed by atoms with Crippen LogP contribution in [-0.2, 0) is 7.05 Å². The van der Waals surface area contributed by atoms with Gasteiger partial charge in [0.05, 0.1) is 11.2 Å². The molecule has 1 fully saturated rings. The second-order valence-electron chi connectivity index (χ2n) is 6.52. The largest absolute Gasteiger partial charge is 0.460 e. The molecule has 1 amide bonds. The number of ether oxygens (including phenoxy) is 1. The van der Waals surface area contributed by atoms with E-state index >= 15 is 0 Å². The van der Waals surface area contributed by atoms with Crippen LogP contribution in [0.3, 0.4) is 0 Å². The SMILES string of the molecule is Cc1nc(C(=O)N2CCC(Oc3ncc(-c4cnn(C)c4)cn3)CC2)cs1. The van der Waals surface area contributed by atoms with Crippen molar-refractivity contribution in [3.8, 4) is 17.1 Å². The van der Waals surface area contributed by atoms with Crippen molar-refractivity contribution in [2.24, 2.45) is 7.05 Å². The van der Waals surface area contributed by atoms with Crippen LogP contribution in [0.25, 0.3) is 11.1 Å². The lowest BCUT2D eigenvalue weighted by atomic mass is 10.1. The third-order valence-corrected chi connectivity index (χ3v) is 5.28. The third kappa shape index (κ3) is 3.97. The quantitative estimate of drug-likeness (QED) is 0.686. The van der Waals surface area contributed by atoms with E-state index in [4.69, 9.17) is 4.74 Å². The van der Waals surface area contributed by atoms with Gasteiger partial charge in [-0.2, -0.15) is 5.10 Å². The zero-order chi connectivity index (χ0) is 18.8. The van der Waals surface area contributed by atoms with Crippen LogP contribution in [0.15, 0.2) is 30.2 Å². The van der Waals surface area contributed by atoms with Crippen molar-refractivity contribution in [2.45, 2.75) is 25.9 Å². The summed E-state index contributed by atoms with van der Waals surface area (Å²) in [7, 11) is 1.87. The van der Waals surface area contributed by atoms with Crippen LogP contribution in [0.2, 0.25) is 0 Å².